The molecular formula is C23H30N2O4S. The summed E-state index contributed by atoms with van der Waals surface area (Å²) < 4.78 is 5.02. The number of rotatable bonds is 8. The number of esters is 1. The number of thioether (sulfide) groups is 1. The van der Waals surface area contributed by atoms with Crippen LogP contribution in [0, 0.1) is 23.2 Å². The normalized spacial score (nSPS) is 28.8. The molecule has 0 saturated heterocycles. The van der Waals surface area contributed by atoms with Crippen LogP contribution < -0.4 is 10.6 Å². The zero-order chi connectivity index (χ0) is 21.1. The first-order valence-corrected chi connectivity index (χ1v) is 12.0. The van der Waals surface area contributed by atoms with Crippen LogP contribution in [0.15, 0.2) is 29.2 Å². The van der Waals surface area contributed by atoms with E-state index in [9.17, 15) is 14.4 Å². The topological polar surface area (TPSA) is 84.5 Å². The maximum Gasteiger partial charge on any atom is 0.325 e. The van der Waals surface area contributed by atoms with Crippen molar-refractivity contribution in [1.29, 1.82) is 0 Å². The average Bonchev–Trinajstić information content (AvgIpc) is 2.70. The fourth-order valence-electron chi connectivity index (χ4n) is 6.21. The van der Waals surface area contributed by atoms with Gasteiger partial charge >= 0.3 is 5.97 Å². The van der Waals surface area contributed by atoms with Gasteiger partial charge in [0.2, 0.25) is 5.91 Å². The molecule has 30 heavy (non-hydrogen) atoms. The molecule has 0 radical (unpaired) electrons. The molecule has 7 heteroatoms. The lowest BCUT2D eigenvalue weighted by molar-refractivity contribution is -0.147. The highest BCUT2D eigenvalue weighted by Gasteiger charge is 2.51. The Labute approximate surface area is 181 Å². The van der Waals surface area contributed by atoms with Gasteiger partial charge in [-0.25, -0.2) is 0 Å². The van der Waals surface area contributed by atoms with Crippen LogP contribution in [0.4, 0.5) is 5.69 Å². The minimum atomic E-state index is -0.595. The molecule has 4 fully saturated rings. The van der Waals surface area contributed by atoms with E-state index in [0.29, 0.717) is 12.1 Å². The van der Waals surface area contributed by atoms with Crippen molar-refractivity contribution >= 4 is 35.2 Å². The molecule has 4 aliphatic rings. The summed E-state index contributed by atoms with van der Waals surface area (Å²) in [6, 6.07) is 7.44. The molecule has 4 bridgehead atoms. The second-order valence-electron chi connectivity index (χ2n) is 9.28. The van der Waals surface area contributed by atoms with Gasteiger partial charge < -0.3 is 15.4 Å². The van der Waals surface area contributed by atoms with E-state index in [0.717, 1.165) is 41.9 Å². The maximum atomic E-state index is 12.5. The Kier molecular flexibility index (Phi) is 6.37. The fourth-order valence-corrected chi connectivity index (χ4v) is 6.77. The summed E-state index contributed by atoms with van der Waals surface area (Å²) in [5.74, 6) is 1.32. The van der Waals surface area contributed by atoms with Gasteiger partial charge in [0.15, 0.2) is 6.61 Å². The van der Waals surface area contributed by atoms with Gasteiger partial charge in [-0.1, -0.05) is 12.1 Å². The first-order valence-electron chi connectivity index (χ1n) is 10.8. The Bertz CT molecular complexity index is 790. The van der Waals surface area contributed by atoms with E-state index in [-0.39, 0.29) is 24.5 Å². The maximum absolute atomic E-state index is 12.5. The zero-order valence-corrected chi connectivity index (χ0v) is 18.3. The van der Waals surface area contributed by atoms with Crippen molar-refractivity contribution in [3.63, 3.8) is 0 Å². The lowest BCUT2D eigenvalue weighted by Crippen LogP contribution is -2.48. The third kappa shape index (κ3) is 4.99. The molecule has 0 aromatic heterocycles. The Morgan fingerprint density at radius 1 is 1.03 bits per heavy atom. The molecule has 5 rings (SSSR count). The van der Waals surface area contributed by atoms with Gasteiger partial charge in [0.25, 0.3) is 5.91 Å². The summed E-state index contributed by atoms with van der Waals surface area (Å²) >= 11 is 1.53. The van der Waals surface area contributed by atoms with Crippen LogP contribution in [0.3, 0.4) is 0 Å². The molecule has 2 N–H and O–H groups in total. The highest BCUT2D eigenvalue weighted by molar-refractivity contribution is 7.98. The van der Waals surface area contributed by atoms with Crippen LogP contribution in [0.2, 0.25) is 0 Å². The third-order valence-corrected chi connectivity index (χ3v) is 7.67. The number of carbonyl (C=O) groups excluding carboxylic acids is 3. The van der Waals surface area contributed by atoms with Crippen molar-refractivity contribution in [2.24, 2.45) is 23.2 Å². The number of ether oxygens (including phenoxy) is 1. The largest absolute Gasteiger partial charge is 0.454 e. The lowest BCUT2D eigenvalue weighted by atomic mass is 9.49. The molecule has 6 nitrogen and oxygen atoms in total. The molecule has 0 unspecified atom stereocenters. The quantitative estimate of drug-likeness (QED) is 0.486. The van der Waals surface area contributed by atoms with Crippen LogP contribution in [-0.2, 0) is 19.1 Å². The summed E-state index contributed by atoms with van der Waals surface area (Å²) in [5, 5.41) is 5.44. The van der Waals surface area contributed by atoms with Gasteiger partial charge in [0, 0.05) is 11.3 Å². The Hall–Kier alpha value is -2.02. The van der Waals surface area contributed by atoms with Crippen molar-refractivity contribution in [2.75, 3.05) is 24.7 Å². The van der Waals surface area contributed by atoms with Gasteiger partial charge in [-0.2, -0.15) is 0 Å². The first kappa shape index (κ1) is 21.2. The molecule has 0 heterocycles. The lowest BCUT2D eigenvalue weighted by Gasteiger charge is -2.56. The van der Waals surface area contributed by atoms with Crippen LogP contribution in [0.25, 0.3) is 0 Å². The smallest absolute Gasteiger partial charge is 0.325 e. The standard InChI is InChI=1S/C23H30N2O4S/c1-30-19-5-3-2-4-18(19)25-21(27)14-29-22(28)13-24-20(26)12-23-9-15-6-16(10-23)8-17(7-15)11-23/h2-5,15-17H,6-14H2,1H3,(H,24,26)(H,25,27). The average molecular weight is 431 g/mol. The second kappa shape index (κ2) is 9.00. The summed E-state index contributed by atoms with van der Waals surface area (Å²) in [6.07, 6.45) is 9.95. The number of para-hydroxylation sites is 1. The fraction of sp³-hybridized carbons (Fsp3) is 0.609. The van der Waals surface area contributed by atoms with Crippen LogP contribution in [-0.4, -0.2) is 37.2 Å². The van der Waals surface area contributed by atoms with Crippen molar-refractivity contribution < 1.29 is 19.1 Å². The summed E-state index contributed by atoms with van der Waals surface area (Å²) in [6.45, 7) is -0.563. The van der Waals surface area contributed by atoms with Crippen LogP contribution in [0.5, 0.6) is 0 Å². The number of hydrogen-bond donors (Lipinski definition) is 2. The minimum absolute atomic E-state index is 0.0766. The molecule has 4 aliphatic carbocycles. The van der Waals surface area contributed by atoms with Crippen LogP contribution in [0.1, 0.15) is 44.9 Å². The Morgan fingerprint density at radius 3 is 2.30 bits per heavy atom. The molecule has 0 atom stereocenters. The molecule has 1 aromatic rings. The molecule has 2 amide bonds. The molecule has 0 aliphatic heterocycles. The van der Waals surface area contributed by atoms with Gasteiger partial charge in [-0.15, -0.1) is 11.8 Å². The van der Waals surface area contributed by atoms with E-state index in [1.165, 1.54) is 31.0 Å². The molecule has 4 saturated carbocycles. The zero-order valence-electron chi connectivity index (χ0n) is 17.4. The summed E-state index contributed by atoms with van der Waals surface area (Å²) in [5.41, 5.74) is 0.836. The number of carbonyl (C=O) groups is 3. The van der Waals surface area contributed by atoms with Crippen molar-refractivity contribution in [2.45, 2.75) is 49.8 Å². The van der Waals surface area contributed by atoms with Crippen molar-refractivity contribution in [3.8, 4) is 0 Å². The van der Waals surface area contributed by atoms with Crippen LogP contribution >= 0.6 is 11.8 Å². The van der Waals surface area contributed by atoms with E-state index in [2.05, 4.69) is 10.6 Å². The van der Waals surface area contributed by atoms with E-state index in [4.69, 9.17) is 4.74 Å². The van der Waals surface area contributed by atoms with Gasteiger partial charge in [-0.05, 0) is 80.1 Å². The first-order chi connectivity index (χ1) is 14.4. The molecule has 0 spiro atoms. The Balaban J connectivity index is 1.18. The van der Waals surface area contributed by atoms with Gasteiger partial charge in [0.1, 0.15) is 6.54 Å². The van der Waals surface area contributed by atoms with Gasteiger partial charge in [0.05, 0.1) is 5.69 Å². The van der Waals surface area contributed by atoms with Crippen molar-refractivity contribution in [3.05, 3.63) is 24.3 Å². The number of benzene rings is 1. The third-order valence-electron chi connectivity index (χ3n) is 6.88. The van der Waals surface area contributed by atoms with Crippen molar-refractivity contribution in [1.82, 2.24) is 5.32 Å². The molecular weight excluding hydrogens is 400 g/mol. The monoisotopic (exact) mass is 430 g/mol. The van der Waals surface area contributed by atoms with E-state index < -0.39 is 11.9 Å². The number of hydrogen-bond acceptors (Lipinski definition) is 5. The predicted molar refractivity (Wildman–Crippen MR) is 116 cm³/mol. The number of amides is 2. The van der Waals surface area contributed by atoms with E-state index >= 15 is 0 Å². The number of nitrogens with one attached hydrogen (secondary N) is 2. The summed E-state index contributed by atoms with van der Waals surface area (Å²) in [4.78, 5) is 37.4. The minimum Gasteiger partial charge on any atom is -0.454 e. The highest BCUT2D eigenvalue weighted by atomic mass is 32.2. The molecule has 1 aromatic carbocycles. The Morgan fingerprint density at radius 2 is 1.67 bits per heavy atom. The van der Waals surface area contributed by atoms with E-state index in [1.54, 1.807) is 6.07 Å². The predicted octanol–water partition coefficient (Wildman–Crippen LogP) is 3.61. The molecule has 162 valence electrons. The summed E-state index contributed by atoms with van der Waals surface area (Å²) in [7, 11) is 0. The SMILES string of the molecule is CSc1ccccc1NC(=O)COC(=O)CNC(=O)CC12CC3CC(CC(C3)C1)C2. The van der Waals surface area contributed by atoms with E-state index in [1.807, 2.05) is 24.5 Å². The number of anilines is 1. The van der Waals surface area contributed by atoms with Gasteiger partial charge in [-0.3, -0.25) is 14.4 Å². The second-order valence-corrected chi connectivity index (χ2v) is 10.1. The highest BCUT2D eigenvalue weighted by Crippen LogP contribution is 2.61.